The predicted molar refractivity (Wildman–Crippen MR) is 80.0 cm³/mol. The number of methoxy groups -OCH3 is 1. The second-order valence-corrected chi connectivity index (χ2v) is 5.07. The van der Waals surface area contributed by atoms with E-state index in [1.165, 1.54) is 0 Å². The minimum Gasteiger partial charge on any atom is -0.396 e. The molecule has 0 bridgehead atoms. The first kappa shape index (κ1) is 18.7. The first-order valence-electron chi connectivity index (χ1n) is 6.14. The van der Waals surface area contributed by atoms with E-state index in [0.29, 0.717) is 22.9 Å². The Labute approximate surface area is 125 Å². The fourth-order valence-corrected chi connectivity index (χ4v) is 2.03. The van der Waals surface area contributed by atoms with Crippen LogP contribution in [0.4, 0.5) is 0 Å². The summed E-state index contributed by atoms with van der Waals surface area (Å²) in [4.78, 5) is 0. The Morgan fingerprint density at radius 2 is 1.58 bits per heavy atom. The van der Waals surface area contributed by atoms with E-state index >= 15 is 0 Å². The fourth-order valence-electron chi connectivity index (χ4n) is 1.71. The third-order valence-corrected chi connectivity index (χ3v) is 3.32. The van der Waals surface area contributed by atoms with E-state index in [9.17, 15) is 0 Å². The topological polar surface area (TPSA) is 49.7 Å². The summed E-state index contributed by atoms with van der Waals surface area (Å²) in [5.74, 6) is 0.284. The minimum atomic E-state index is 0.145. The molecule has 1 aromatic rings. The molecule has 0 aromatic heterocycles. The van der Waals surface area contributed by atoms with Crippen molar-refractivity contribution in [1.82, 2.24) is 0 Å². The molecule has 0 aliphatic carbocycles. The van der Waals surface area contributed by atoms with Gasteiger partial charge in [0.1, 0.15) is 0 Å². The van der Waals surface area contributed by atoms with E-state index in [0.717, 1.165) is 12.0 Å². The maximum Gasteiger partial charge on any atom is 0.0595 e. The van der Waals surface area contributed by atoms with Gasteiger partial charge in [0.2, 0.25) is 0 Å². The van der Waals surface area contributed by atoms with Gasteiger partial charge in [-0.15, -0.1) is 0 Å². The zero-order valence-electron chi connectivity index (χ0n) is 11.4. The van der Waals surface area contributed by atoms with Crippen LogP contribution in [0.15, 0.2) is 18.2 Å². The van der Waals surface area contributed by atoms with Crippen molar-refractivity contribution >= 4 is 23.2 Å². The van der Waals surface area contributed by atoms with Crippen LogP contribution >= 0.6 is 23.2 Å². The van der Waals surface area contributed by atoms with Gasteiger partial charge in [-0.3, -0.25) is 0 Å². The summed E-state index contributed by atoms with van der Waals surface area (Å²) in [7, 11) is 3.25. The summed E-state index contributed by atoms with van der Waals surface area (Å²) < 4.78 is 4.25. The first-order chi connectivity index (χ1) is 9.08. The molecule has 3 nitrogen and oxygen atoms in total. The molecule has 0 amide bonds. The Hall–Kier alpha value is -0.320. The average Bonchev–Trinajstić information content (AvgIpc) is 2.35. The van der Waals surface area contributed by atoms with Crippen molar-refractivity contribution in [3.8, 4) is 0 Å². The highest BCUT2D eigenvalue weighted by Crippen LogP contribution is 2.25. The zero-order chi connectivity index (χ0) is 14.7. The normalized spacial score (nSPS) is 10.3. The van der Waals surface area contributed by atoms with Crippen LogP contribution in [0.5, 0.6) is 0 Å². The van der Waals surface area contributed by atoms with Crippen molar-refractivity contribution < 1.29 is 14.9 Å². The molecule has 0 unspecified atom stereocenters. The molecular formula is C14H22Cl2O3. The number of aliphatic hydroxyl groups is 2. The molecule has 0 spiro atoms. The van der Waals surface area contributed by atoms with Crippen LogP contribution in [0.3, 0.4) is 0 Å². The van der Waals surface area contributed by atoms with Gasteiger partial charge in [-0.2, -0.15) is 0 Å². The number of halogens is 2. The van der Waals surface area contributed by atoms with Crippen LogP contribution in [0, 0.1) is 5.92 Å². The fraction of sp³-hybridized carbons (Fsp3) is 0.571. The molecule has 110 valence electrons. The second-order valence-electron chi connectivity index (χ2n) is 4.25. The van der Waals surface area contributed by atoms with Crippen LogP contribution in [0.2, 0.25) is 10.0 Å². The van der Waals surface area contributed by atoms with Crippen molar-refractivity contribution in [3.05, 3.63) is 33.8 Å². The highest BCUT2D eigenvalue weighted by molar-refractivity contribution is 6.42. The maximum atomic E-state index is 8.91. The van der Waals surface area contributed by atoms with E-state index in [-0.39, 0.29) is 19.1 Å². The summed E-state index contributed by atoms with van der Waals surface area (Å²) in [6, 6.07) is 5.54. The number of hydrogen-bond acceptors (Lipinski definition) is 3. The minimum absolute atomic E-state index is 0.145. The summed E-state index contributed by atoms with van der Waals surface area (Å²) in [6.07, 6.45) is 2.19. The maximum absolute atomic E-state index is 8.91. The second kappa shape index (κ2) is 11.5. The molecule has 0 radical (unpaired) electrons. The molecule has 0 heterocycles. The van der Waals surface area contributed by atoms with Crippen LogP contribution < -0.4 is 0 Å². The van der Waals surface area contributed by atoms with E-state index < -0.39 is 0 Å². The molecule has 19 heavy (non-hydrogen) atoms. The van der Waals surface area contributed by atoms with Crippen LogP contribution in [-0.2, 0) is 11.2 Å². The average molecular weight is 309 g/mol. The monoisotopic (exact) mass is 308 g/mol. The molecule has 0 fully saturated rings. The van der Waals surface area contributed by atoms with E-state index in [2.05, 4.69) is 4.74 Å². The lowest BCUT2D eigenvalue weighted by molar-refractivity contribution is 0.215. The lowest BCUT2D eigenvalue weighted by atomic mass is 9.94. The molecule has 5 heteroatoms. The van der Waals surface area contributed by atoms with Crippen molar-refractivity contribution in [2.45, 2.75) is 19.3 Å². The number of aliphatic hydroxyl groups excluding tert-OH is 2. The summed E-state index contributed by atoms with van der Waals surface area (Å²) in [5.41, 5.74) is 1.08. The highest BCUT2D eigenvalue weighted by Gasteiger charge is 2.09. The molecule has 0 saturated heterocycles. The zero-order valence-corrected chi connectivity index (χ0v) is 12.9. The third-order valence-electron chi connectivity index (χ3n) is 2.58. The van der Waals surface area contributed by atoms with Crippen LogP contribution in [0.1, 0.15) is 18.4 Å². The third kappa shape index (κ3) is 8.45. The van der Waals surface area contributed by atoms with E-state index in [4.69, 9.17) is 33.4 Å². The molecule has 2 N–H and O–H groups in total. The summed E-state index contributed by atoms with van der Waals surface area (Å²) in [5, 5.41) is 18.9. The van der Waals surface area contributed by atoms with Gasteiger partial charge < -0.3 is 14.9 Å². The molecule has 0 aliphatic rings. The van der Waals surface area contributed by atoms with Crippen molar-refractivity contribution in [2.24, 2.45) is 5.92 Å². The SMILES string of the molecule is COC.OCCC(CCO)Cc1ccc(Cl)c(Cl)c1. The Morgan fingerprint density at radius 3 is 2.00 bits per heavy atom. The van der Waals surface area contributed by atoms with Gasteiger partial charge in [0.15, 0.2) is 0 Å². The Morgan fingerprint density at radius 1 is 1.05 bits per heavy atom. The highest BCUT2D eigenvalue weighted by atomic mass is 35.5. The van der Waals surface area contributed by atoms with Gasteiger partial charge >= 0.3 is 0 Å². The first-order valence-corrected chi connectivity index (χ1v) is 6.90. The van der Waals surface area contributed by atoms with Gasteiger partial charge in [-0.05, 0) is 42.9 Å². The molecule has 0 atom stereocenters. The Bertz CT molecular complexity index is 339. The summed E-state index contributed by atoms with van der Waals surface area (Å²) in [6.45, 7) is 0.290. The van der Waals surface area contributed by atoms with E-state index in [1.54, 1.807) is 20.3 Å². The molecule has 0 aliphatic heterocycles. The van der Waals surface area contributed by atoms with Gasteiger partial charge in [0.05, 0.1) is 10.0 Å². The quantitative estimate of drug-likeness (QED) is 0.848. The van der Waals surface area contributed by atoms with Crippen molar-refractivity contribution in [2.75, 3.05) is 27.4 Å². The van der Waals surface area contributed by atoms with Gasteiger partial charge in [-0.25, -0.2) is 0 Å². The van der Waals surface area contributed by atoms with Crippen molar-refractivity contribution in [1.29, 1.82) is 0 Å². The molecular weight excluding hydrogens is 287 g/mol. The lowest BCUT2D eigenvalue weighted by Crippen LogP contribution is -2.09. The number of hydrogen-bond donors (Lipinski definition) is 2. The predicted octanol–water partition coefficient (Wildman–Crippen LogP) is 3.18. The van der Waals surface area contributed by atoms with Crippen LogP contribution in [0.25, 0.3) is 0 Å². The number of benzene rings is 1. The smallest absolute Gasteiger partial charge is 0.0595 e. The Kier molecular flexibility index (Phi) is 11.3. The van der Waals surface area contributed by atoms with Crippen molar-refractivity contribution in [3.63, 3.8) is 0 Å². The number of ether oxygens (including phenoxy) is 1. The molecule has 1 rings (SSSR count). The lowest BCUT2D eigenvalue weighted by Gasteiger charge is -2.14. The number of rotatable bonds is 6. The standard InChI is InChI=1S/C12H16Cl2O2.C2H6O/c13-11-2-1-10(8-12(11)14)7-9(3-5-15)4-6-16;1-3-2/h1-2,8-9,15-16H,3-7H2;1-2H3. The summed E-state index contributed by atoms with van der Waals surface area (Å²) >= 11 is 11.7. The largest absolute Gasteiger partial charge is 0.396 e. The molecule has 1 aromatic carbocycles. The van der Waals surface area contributed by atoms with E-state index in [1.807, 2.05) is 12.1 Å². The van der Waals surface area contributed by atoms with Gasteiger partial charge in [-0.1, -0.05) is 29.3 Å². The Balaban J connectivity index is 0.000000982. The van der Waals surface area contributed by atoms with Gasteiger partial charge in [0.25, 0.3) is 0 Å². The molecule has 0 saturated carbocycles. The van der Waals surface area contributed by atoms with Crippen LogP contribution in [-0.4, -0.2) is 37.6 Å². The van der Waals surface area contributed by atoms with Gasteiger partial charge in [0, 0.05) is 27.4 Å².